The zero-order valence-electron chi connectivity index (χ0n) is 17.2. The average molecular weight is 416 g/mol. The van der Waals surface area contributed by atoms with E-state index in [-0.39, 0.29) is 11.3 Å². The van der Waals surface area contributed by atoms with Gasteiger partial charge in [0.1, 0.15) is 0 Å². The van der Waals surface area contributed by atoms with E-state index in [0.29, 0.717) is 11.3 Å². The molecule has 2 atom stereocenters. The van der Waals surface area contributed by atoms with Gasteiger partial charge in [0, 0.05) is 5.57 Å². The minimum absolute atomic E-state index is 0.0513. The zero-order valence-corrected chi connectivity index (χ0v) is 17.2. The monoisotopic (exact) mass is 416 g/mol. The number of hydrogen-bond donors (Lipinski definition) is 0. The van der Waals surface area contributed by atoms with E-state index in [1.165, 1.54) is 14.0 Å². The van der Waals surface area contributed by atoms with Crippen molar-refractivity contribution < 1.29 is 18.7 Å². The third-order valence-corrected chi connectivity index (χ3v) is 5.58. The minimum Gasteiger partial charge on any atom is -0.466 e. The van der Waals surface area contributed by atoms with Crippen LogP contribution in [-0.2, 0) is 14.3 Å². The van der Waals surface area contributed by atoms with Gasteiger partial charge in [-0.15, -0.1) is 0 Å². The summed E-state index contributed by atoms with van der Waals surface area (Å²) in [5.74, 6) is -2.96. The molecule has 6 heteroatoms. The molecule has 31 heavy (non-hydrogen) atoms. The van der Waals surface area contributed by atoms with Crippen molar-refractivity contribution >= 4 is 34.0 Å². The number of esters is 1. The molecule has 1 aliphatic heterocycles. The maximum absolute atomic E-state index is 16.7. The van der Waals surface area contributed by atoms with Gasteiger partial charge in [0.05, 0.1) is 24.4 Å². The van der Waals surface area contributed by atoms with Crippen molar-refractivity contribution in [2.75, 3.05) is 12.1 Å². The number of rotatable bonds is 5. The van der Waals surface area contributed by atoms with Crippen LogP contribution in [0.2, 0.25) is 0 Å². The average Bonchev–Trinajstić information content (AvgIpc) is 3.03. The quantitative estimate of drug-likeness (QED) is 0.444. The maximum Gasteiger partial charge on any atom is 0.333 e. The third-order valence-electron chi connectivity index (χ3n) is 5.58. The Labute approximate surface area is 179 Å². The largest absolute Gasteiger partial charge is 0.466 e. The van der Waals surface area contributed by atoms with Gasteiger partial charge in [0.25, 0.3) is 5.91 Å². The molecule has 2 unspecified atom stereocenters. The number of benzene rings is 3. The lowest BCUT2D eigenvalue weighted by Crippen LogP contribution is -2.48. The Morgan fingerprint density at radius 1 is 1.06 bits per heavy atom. The van der Waals surface area contributed by atoms with E-state index < -0.39 is 23.5 Å². The highest BCUT2D eigenvalue weighted by molar-refractivity contribution is 6.23. The van der Waals surface area contributed by atoms with Crippen LogP contribution >= 0.6 is 0 Å². The molecule has 0 fully saturated rings. The molecule has 0 bridgehead atoms. The van der Waals surface area contributed by atoms with Gasteiger partial charge in [0.15, 0.2) is 0 Å². The van der Waals surface area contributed by atoms with Gasteiger partial charge >= 0.3 is 5.97 Å². The second kappa shape index (κ2) is 7.80. The van der Waals surface area contributed by atoms with Crippen molar-refractivity contribution in [3.63, 3.8) is 0 Å². The Bertz CT molecular complexity index is 1220. The van der Waals surface area contributed by atoms with E-state index >= 15 is 4.39 Å². The molecule has 0 aromatic heterocycles. The molecule has 0 radical (unpaired) electrons. The fourth-order valence-corrected chi connectivity index (χ4v) is 3.96. The van der Waals surface area contributed by atoms with Crippen molar-refractivity contribution in [3.05, 3.63) is 90.5 Å². The smallest absolute Gasteiger partial charge is 0.333 e. The van der Waals surface area contributed by atoms with Crippen LogP contribution in [-0.4, -0.2) is 30.4 Å². The standard InChI is InChI=1S/C25H21FN2O3/c1-16(23(29)31-3)22(20-14-13-18-9-7-8-10-19(18)15-20)25(26)17(2)27-28(24(25)30)21-11-5-4-6-12-21/h4-15,22H,1H2,2-3H3. The van der Waals surface area contributed by atoms with Gasteiger partial charge in [-0.3, -0.25) is 4.79 Å². The van der Waals surface area contributed by atoms with Gasteiger partial charge in [0.2, 0.25) is 5.67 Å². The van der Waals surface area contributed by atoms with E-state index in [1.807, 2.05) is 30.3 Å². The first-order valence-corrected chi connectivity index (χ1v) is 9.78. The van der Waals surface area contributed by atoms with Crippen LogP contribution < -0.4 is 5.01 Å². The summed E-state index contributed by atoms with van der Waals surface area (Å²) < 4.78 is 21.6. The third kappa shape index (κ3) is 3.30. The summed E-state index contributed by atoms with van der Waals surface area (Å²) in [6.45, 7) is 5.24. The summed E-state index contributed by atoms with van der Waals surface area (Å²) in [6.07, 6.45) is 0. The second-order valence-corrected chi connectivity index (χ2v) is 7.41. The molecule has 4 rings (SSSR count). The summed E-state index contributed by atoms with van der Waals surface area (Å²) in [7, 11) is 1.20. The number of methoxy groups -OCH3 is 1. The van der Waals surface area contributed by atoms with Crippen LogP contribution in [0.1, 0.15) is 18.4 Å². The highest BCUT2D eigenvalue weighted by Crippen LogP contribution is 2.44. The number of hydrazone groups is 1. The highest BCUT2D eigenvalue weighted by Gasteiger charge is 2.58. The molecule has 0 aliphatic carbocycles. The normalized spacial score (nSPS) is 19.3. The molecule has 0 spiro atoms. The lowest BCUT2D eigenvalue weighted by Gasteiger charge is -2.30. The minimum atomic E-state index is -2.59. The number of fused-ring (bicyclic) bond motifs is 1. The lowest BCUT2D eigenvalue weighted by molar-refractivity contribution is -0.137. The Kier molecular flexibility index (Phi) is 5.15. The number of carbonyl (C=O) groups excluding carboxylic acids is 2. The number of halogens is 1. The molecule has 5 nitrogen and oxygen atoms in total. The van der Waals surface area contributed by atoms with Gasteiger partial charge in [-0.25, -0.2) is 9.18 Å². The Morgan fingerprint density at radius 2 is 1.71 bits per heavy atom. The molecule has 3 aromatic carbocycles. The number of para-hydroxylation sites is 1. The molecule has 0 saturated heterocycles. The molecular weight excluding hydrogens is 395 g/mol. The first kappa shape index (κ1) is 20.5. The van der Waals surface area contributed by atoms with E-state index in [2.05, 4.69) is 11.7 Å². The van der Waals surface area contributed by atoms with Gasteiger partial charge in [-0.05, 0) is 35.4 Å². The highest BCUT2D eigenvalue weighted by atomic mass is 19.1. The van der Waals surface area contributed by atoms with Gasteiger partial charge in [-0.1, -0.05) is 67.2 Å². The number of nitrogens with zero attached hydrogens (tertiary/aromatic N) is 2. The van der Waals surface area contributed by atoms with E-state index in [0.717, 1.165) is 15.8 Å². The molecule has 1 aliphatic rings. The first-order valence-electron chi connectivity index (χ1n) is 9.78. The number of carbonyl (C=O) groups is 2. The maximum atomic E-state index is 16.7. The number of anilines is 1. The number of hydrogen-bond acceptors (Lipinski definition) is 4. The van der Waals surface area contributed by atoms with Gasteiger partial charge < -0.3 is 4.74 Å². The predicted molar refractivity (Wildman–Crippen MR) is 119 cm³/mol. The van der Waals surface area contributed by atoms with Crippen LogP contribution in [0, 0.1) is 0 Å². The summed E-state index contributed by atoms with van der Waals surface area (Å²) in [4.78, 5) is 25.8. The Hall–Kier alpha value is -3.80. The molecule has 156 valence electrons. The van der Waals surface area contributed by atoms with Crippen molar-refractivity contribution in [1.82, 2.24) is 0 Å². The Morgan fingerprint density at radius 3 is 2.39 bits per heavy atom. The topological polar surface area (TPSA) is 59.0 Å². The van der Waals surface area contributed by atoms with Crippen molar-refractivity contribution in [3.8, 4) is 0 Å². The lowest BCUT2D eigenvalue weighted by atomic mass is 9.75. The summed E-state index contributed by atoms with van der Waals surface area (Å²) in [5, 5.41) is 7.04. The van der Waals surface area contributed by atoms with Crippen LogP contribution in [0.25, 0.3) is 10.8 Å². The van der Waals surface area contributed by atoms with Crippen molar-refractivity contribution in [2.45, 2.75) is 18.5 Å². The fraction of sp³-hybridized carbons (Fsp3) is 0.160. The SMILES string of the molecule is C=C(C(=O)OC)C(c1ccc2ccccc2c1)C1(F)C(=O)N(c2ccccc2)N=C1C. The zero-order chi connectivity index (χ0) is 22.2. The molecule has 3 aromatic rings. The Balaban J connectivity index is 1.86. The van der Waals surface area contributed by atoms with E-state index in [9.17, 15) is 9.59 Å². The number of alkyl halides is 1. The number of ether oxygens (including phenoxy) is 1. The number of amides is 1. The van der Waals surface area contributed by atoms with Crippen LogP contribution in [0.5, 0.6) is 0 Å². The van der Waals surface area contributed by atoms with Crippen molar-refractivity contribution in [1.29, 1.82) is 0 Å². The van der Waals surface area contributed by atoms with Crippen molar-refractivity contribution in [2.24, 2.45) is 5.10 Å². The summed E-state index contributed by atoms with van der Waals surface area (Å²) >= 11 is 0. The van der Waals surface area contributed by atoms with Crippen LogP contribution in [0.4, 0.5) is 10.1 Å². The predicted octanol–water partition coefficient (Wildman–Crippen LogP) is 4.78. The van der Waals surface area contributed by atoms with Gasteiger partial charge in [-0.2, -0.15) is 10.1 Å². The molecule has 1 heterocycles. The van der Waals surface area contributed by atoms with Crippen LogP contribution in [0.15, 0.2) is 90.0 Å². The molecular formula is C25H21FN2O3. The fourth-order valence-electron chi connectivity index (χ4n) is 3.96. The van der Waals surface area contributed by atoms with E-state index in [4.69, 9.17) is 4.74 Å². The van der Waals surface area contributed by atoms with E-state index in [1.54, 1.807) is 42.5 Å². The summed E-state index contributed by atoms with van der Waals surface area (Å²) in [5.41, 5.74) is -1.92. The molecule has 0 N–H and O–H groups in total. The molecule has 0 saturated carbocycles. The second-order valence-electron chi connectivity index (χ2n) is 7.41. The summed E-state index contributed by atoms with van der Waals surface area (Å²) in [6, 6.07) is 21.5. The van der Waals surface area contributed by atoms with Crippen LogP contribution in [0.3, 0.4) is 0 Å². The molecule has 1 amide bonds. The first-order chi connectivity index (χ1) is 14.9.